The van der Waals surface area contributed by atoms with Gasteiger partial charge in [0.25, 0.3) is 10.1 Å². The van der Waals surface area contributed by atoms with Gasteiger partial charge in [-0.2, -0.15) is 8.42 Å². The molecule has 6 heteroatoms. The summed E-state index contributed by atoms with van der Waals surface area (Å²) in [6.07, 6.45) is 0.318. The van der Waals surface area contributed by atoms with Crippen molar-refractivity contribution in [1.82, 2.24) is 0 Å². The summed E-state index contributed by atoms with van der Waals surface area (Å²) in [5.41, 5.74) is -0.688. The molecule has 0 aromatic carbocycles. The predicted octanol–water partition coefficient (Wildman–Crippen LogP) is 1.40. The van der Waals surface area contributed by atoms with Crippen LogP contribution in [0.3, 0.4) is 0 Å². The van der Waals surface area contributed by atoms with Crippen molar-refractivity contribution in [2.24, 2.45) is 5.41 Å². The van der Waals surface area contributed by atoms with Crippen molar-refractivity contribution in [3.05, 3.63) is 0 Å². The first-order chi connectivity index (χ1) is 5.62. The molecule has 0 amide bonds. The lowest BCUT2D eigenvalue weighted by Crippen LogP contribution is -2.47. The van der Waals surface area contributed by atoms with Crippen LogP contribution in [-0.2, 0) is 14.3 Å². The van der Waals surface area contributed by atoms with E-state index in [1.54, 1.807) is 6.92 Å². The van der Waals surface area contributed by atoms with E-state index in [0.717, 1.165) is 6.26 Å². The topological polar surface area (TPSA) is 43.4 Å². The second-order valence-electron chi connectivity index (χ2n) is 3.99. The molecule has 0 unspecified atom stereocenters. The minimum Gasteiger partial charge on any atom is -0.270 e. The van der Waals surface area contributed by atoms with E-state index >= 15 is 0 Å². The third-order valence-corrected chi connectivity index (χ3v) is 2.54. The third-order valence-electron chi connectivity index (χ3n) is 1.99. The maximum absolute atomic E-state index is 12.4. The number of rotatable bonds is 3. The Kier molecular flexibility index (Phi) is 2.40. The molecule has 0 aromatic heterocycles. The van der Waals surface area contributed by atoms with Gasteiger partial charge >= 0.3 is 0 Å². The first kappa shape index (κ1) is 10.8. The van der Waals surface area contributed by atoms with Gasteiger partial charge < -0.3 is 0 Å². The van der Waals surface area contributed by atoms with E-state index < -0.39 is 21.5 Å². The molecule has 1 saturated carbocycles. The van der Waals surface area contributed by atoms with Crippen LogP contribution in [0.4, 0.5) is 8.78 Å². The lowest BCUT2D eigenvalue weighted by molar-refractivity contribution is -0.164. The fourth-order valence-electron chi connectivity index (χ4n) is 1.55. The maximum Gasteiger partial charge on any atom is 0.264 e. The molecule has 1 aliphatic rings. The summed E-state index contributed by atoms with van der Waals surface area (Å²) in [4.78, 5) is 0. The van der Waals surface area contributed by atoms with Crippen LogP contribution in [0, 0.1) is 5.41 Å². The number of halogens is 2. The van der Waals surface area contributed by atoms with Gasteiger partial charge in [-0.05, 0) is 0 Å². The van der Waals surface area contributed by atoms with E-state index in [-0.39, 0.29) is 19.4 Å². The van der Waals surface area contributed by atoms with Crippen molar-refractivity contribution in [1.29, 1.82) is 0 Å². The lowest BCUT2D eigenvalue weighted by Gasteiger charge is -2.44. The second-order valence-corrected chi connectivity index (χ2v) is 5.63. The summed E-state index contributed by atoms with van der Waals surface area (Å²) in [7, 11) is -3.52. The zero-order valence-corrected chi connectivity index (χ0v) is 8.33. The molecule has 0 bridgehead atoms. The Morgan fingerprint density at radius 2 is 1.85 bits per heavy atom. The van der Waals surface area contributed by atoms with Crippen LogP contribution >= 0.6 is 0 Å². The van der Waals surface area contributed by atoms with Crippen molar-refractivity contribution in [3.63, 3.8) is 0 Å². The fourth-order valence-corrected chi connectivity index (χ4v) is 2.05. The van der Waals surface area contributed by atoms with Crippen molar-refractivity contribution in [2.75, 3.05) is 12.9 Å². The molecule has 0 spiro atoms. The van der Waals surface area contributed by atoms with Crippen LogP contribution in [0.25, 0.3) is 0 Å². The van der Waals surface area contributed by atoms with Crippen molar-refractivity contribution in [3.8, 4) is 0 Å². The van der Waals surface area contributed by atoms with E-state index in [4.69, 9.17) is 0 Å². The van der Waals surface area contributed by atoms with Gasteiger partial charge in [0.05, 0.1) is 12.9 Å². The first-order valence-corrected chi connectivity index (χ1v) is 5.66. The molecule has 0 radical (unpaired) electrons. The van der Waals surface area contributed by atoms with Crippen molar-refractivity contribution >= 4 is 10.1 Å². The average Bonchev–Trinajstić information content (AvgIpc) is 1.77. The number of hydrogen-bond donors (Lipinski definition) is 0. The molecule has 3 nitrogen and oxygen atoms in total. The summed E-state index contributed by atoms with van der Waals surface area (Å²) >= 11 is 0. The van der Waals surface area contributed by atoms with Gasteiger partial charge in [-0.1, -0.05) is 6.92 Å². The van der Waals surface area contributed by atoms with E-state index in [0.29, 0.717) is 0 Å². The Labute approximate surface area is 76.2 Å². The zero-order chi connectivity index (χ0) is 10.3. The van der Waals surface area contributed by atoms with Gasteiger partial charge in [-0.15, -0.1) is 0 Å². The third kappa shape index (κ3) is 3.19. The number of alkyl halides is 2. The monoisotopic (exact) mass is 214 g/mol. The second kappa shape index (κ2) is 2.88. The Bertz CT molecular complexity index is 289. The summed E-state index contributed by atoms with van der Waals surface area (Å²) in [6.45, 7) is 1.44. The highest BCUT2D eigenvalue weighted by molar-refractivity contribution is 7.85. The van der Waals surface area contributed by atoms with E-state index in [9.17, 15) is 17.2 Å². The Morgan fingerprint density at radius 3 is 2.15 bits per heavy atom. The minimum atomic E-state index is -3.52. The molecule has 0 N–H and O–H groups in total. The summed E-state index contributed by atoms with van der Waals surface area (Å²) in [5, 5.41) is 0. The van der Waals surface area contributed by atoms with E-state index in [1.165, 1.54) is 0 Å². The quantitative estimate of drug-likeness (QED) is 0.667. The van der Waals surface area contributed by atoms with Gasteiger partial charge in [0, 0.05) is 18.3 Å². The van der Waals surface area contributed by atoms with Gasteiger partial charge in [0.1, 0.15) is 0 Å². The van der Waals surface area contributed by atoms with Gasteiger partial charge in [-0.3, -0.25) is 4.18 Å². The molecule has 0 aromatic rings. The highest BCUT2D eigenvalue weighted by Crippen LogP contribution is 2.51. The van der Waals surface area contributed by atoms with Crippen LogP contribution in [0.1, 0.15) is 19.8 Å². The number of hydrogen-bond acceptors (Lipinski definition) is 3. The van der Waals surface area contributed by atoms with Crippen LogP contribution in [-0.4, -0.2) is 27.2 Å². The lowest BCUT2D eigenvalue weighted by atomic mass is 9.68. The molecule has 78 valence electrons. The molecule has 1 aliphatic carbocycles. The minimum absolute atomic E-state index is 0.151. The molecule has 0 aliphatic heterocycles. The molecule has 1 fully saturated rings. The van der Waals surface area contributed by atoms with E-state index in [1.807, 2.05) is 0 Å². The van der Waals surface area contributed by atoms with Gasteiger partial charge in [0.2, 0.25) is 5.92 Å². The van der Waals surface area contributed by atoms with Crippen molar-refractivity contribution in [2.45, 2.75) is 25.7 Å². The van der Waals surface area contributed by atoms with Crippen LogP contribution < -0.4 is 0 Å². The standard InChI is InChI=1S/C7H12F2O3S/c1-6(3-7(8,9)4-6)5-12-13(2,10)11/h3-5H2,1-2H3. The Hall–Kier alpha value is -0.230. The highest BCUT2D eigenvalue weighted by Gasteiger charge is 2.54. The predicted molar refractivity (Wildman–Crippen MR) is 43.1 cm³/mol. The first-order valence-electron chi connectivity index (χ1n) is 3.84. The summed E-state index contributed by atoms with van der Waals surface area (Å²) in [6, 6.07) is 0. The van der Waals surface area contributed by atoms with Crippen LogP contribution in [0.2, 0.25) is 0 Å². The van der Waals surface area contributed by atoms with Crippen LogP contribution in [0.5, 0.6) is 0 Å². The molecular formula is C7H12F2O3S. The SMILES string of the molecule is CC1(COS(C)(=O)=O)CC(F)(F)C1. The van der Waals surface area contributed by atoms with Gasteiger partial charge in [-0.25, -0.2) is 8.78 Å². The molecule has 0 atom stereocenters. The normalized spacial score (nSPS) is 25.2. The Balaban J connectivity index is 2.41. The molecule has 0 heterocycles. The van der Waals surface area contributed by atoms with Crippen molar-refractivity contribution < 1.29 is 21.4 Å². The largest absolute Gasteiger partial charge is 0.270 e. The van der Waals surface area contributed by atoms with Crippen LogP contribution in [0.15, 0.2) is 0 Å². The molecule has 0 saturated heterocycles. The molecule has 13 heavy (non-hydrogen) atoms. The Morgan fingerprint density at radius 1 is 1.38 bits per heavy atom. The van der Waals surface area contributed by atoms with E-state index in [2.05, 4.69) is 4.18 Å². The summed E-state index contributed by atoms with van der Waals surface area (Å²) in [5.74, 6) is -2.64. The zero-order valence-electron chi connectivity index (χ0n) is 7.51. The summed E-state index contributed by atoms with van der Waals surface area (Å²) < 4.78 is 50.5. The fraction of sp³-hybridized carbons (Fsp3) is 1.00. The smallest absolute Gasteiger partial charge is 0.264 e. The maximum atomic E-state index is 12.4. The average molecular weight is 214 g/mol. The highest BCUT2D eigenvalue weighted by atomic mass is 32.2. The molecular weight excluding hydrogens is 202 g/mol. The molecule has 1 rings (SSSR count). The van der Waals surface area contributed by atoms with Gasteiger partial charge in [0.15, 0.2) is 0 Å².